The van der Waals surface area contributed by atoms with Crippen molar-refractivity contribution in [1.29, 1.82) is 0 Å². The molecule has 0 radical (unpaired) electrons. The van der Waals surface area contributed by atoms with Crippen LogP contribution < -0.4 is 24.8 Å². The summed E-state index contributed by atoms with van der Waals surface area (Å²) in [6.45, 7) is 0.460. The van der Waals surface area contributed by atoms with Crippen LogP contribution >= 0.6 is 0 Å². The van der Waals surface area contributed by atoms with Crippen LogP contribution in [-0.2, 0) is 16.1 Å². The van der Waals surface area contributed by atoms with Gasteiger partial charge in [0, 0.05) is 12.2 Å². The maximum Gasteiger partial charge on any atom is 0.411 e. The number of carbonyl (C=O) groups is 2. The third-order valence-corrected chi connectivity index (χ3v) is 3.58. The van der Waals surface area contributed by atoms with Gasteiger partial charge in [-0.05, 0) is 42.0 Å². The van der Waals surface area contributed by atoms with Crippen LogP contribution in [-0.4, -0.2) is 32.5 Å². The molecule has 8 heteroatoms. The molecule has 0 aliphatic carbocycles. The third-order valence-electron chi connectivity index (χ3n) is 3.58. The molecule has 2 aromatic carbocycles. The first-order valence-corrected chi connectivity index (χ1v) is 7.87. The molecule has 136 valence electrons. The Balaban J connectivity index is 1.43. The van der Waals surface area contributed by atoms with Crippen LogP contribution in [0.4, 0.5) is 10.5 Å². The molecule has 8 nitrogen and oxygen atoms in total. The predicted molar refractivity (Wildman–Crippen MR) is 92.4 cm³/mol. The summed E-state index contributed by atoms with van der Waals surface area (Å²) < 4.78 is 20.5. The number of fused-ring (bicyclic) bond motifs is 1. The molecule has 2 amide bonds. The van der Waals surface area contributed by atoms with Crippen molar-refractivity contribution >= 4 is 17.7 Å². The van der Waals surface area contributed by atoms with Gasteiger partial charge in [0.2, 0.25) is 6.79 Å². The van der Waals surface area contributed by atoms with Gasteiger partial charge in [0.1, 0.15) is 5.75 Å². The number of amides is 2. The topological polar surface area (TPSA) is 95.1 Å². The van der Waals surface area contributed by atoms with E-state index in [0.717, 1.165) is 5.56 Å². The van der Waals surface area contributed by atoms with E-state index in [1.165, 1.54) is 7.11 Å². The Morgan fingerprint density at radius 2 is 1.85 bits per heavy atom. The van der Waals surface area contributed by atoms with Crippen molar-refractivity contribution in [2.75, 3.05) is 25.8 Å². The molecule has 0 unspecified atom stereocenters. The van der Waals surface area contributed by atoms with E-state index in [9.17, 15) is 9.59 Å². The van der Waals surface area contributed by atoms with Gasteiger partial charge in [-0.2, -0.15) is 0 Å². The van der Waals surface area contributed by atoms with Crippen molar-refractivity contribution in [2.24, 2.45) is 0 Å². The van der Waals surface area contributed by atoms with Crippen LogP contribution in [0.2, 0.25) is 0 Å². The van der Waals surface area contributed by atoms with E-state index >= 15 is 0 Å². The number of rotatable bonds is 6. The largest absolute Gasteiger partial charge is 0.484 e. The van der Waals surface area contributed by atoms with Crippen LogP contribution in [0.3, 0.4) is 0 Å². The number of nitrogens with one attached hydrogen (secondary N) is 2. The zero-order valence-electron chi connectivity index (χ0n) is 14.1. The summed E-state index contributed by atoms with van der Waals surface area (Å²) >= 11 is 0. The standard InChI is InChI=1S/C18H18N2O6/c1-23-18(22)20-13-3-5-14(6-4-13)24-10-17(21)19-9-12-2-7-15-16(8-12)26-11-25-15/h2-8H,9-11H2,1H3,(H,19,21)(H,20,22). The molecule has 0 aromatic heterocycles. The highest BCUT2D eigenvalue weighted by Crippen LogP contribution is 2.32. The third kappa shape index (κ3) is 4.56. The Morgan fingerprint density at radius 3 is 2.62 bits per heavy atom. The fraction of sp³-hybridized carbons (Fsp3) is 0.222. The van der Waals surface area contributed by atoms with Gasteiger partial charge in [-0.25, -0.2) is 4.79 Å². The molecule has 2 aromatic rings. The lowest BCUT2D eigenvalue weighted by Crippen LogP contribution is -2.28. The van der Waals surface area contributed by atoms with E-state index in [4.69, 9.17) is 14.2 Å². The number of anilines is 1. The second kappa shape index (κ2) is 8.11. The molecule has 3 rings (SSSR count). The lowest BCUT2D eigenvalue weighted by Gasteiger charge is -2.09. The SMILES string of the molecule is COC(=O)Nc1ccc(OCC(=O)NCc2ccc3c(c2)OCO3)cc1. The van der Waals surface area contributed by atoms with Crippen molar-refractivity contribution in [3.63, 3.8) is 0 Å². The van der Waals surface area contributed by atoms with Gasteiger partial charge >= 0.3 is 6.09 Å². The Bertz CT molecular complexity index is 791. The average Bonchev–Trinajstić information content (AvgIpc) is 3.13. The highest BCUT2D eigenvalue weighted by atomic mass is 16.7. The van der Waals surface area contributed by atoms with Crippen LogP contribution in [0.15, 0.2) is 42.5 Å². The first kappa shape index (κ1) is 17.4. The molecule has 1 heterocycles. The minimum absolute atomic E-state index is 0.117. The fourth-order valence-electron chi connectivity index (χ4n) is 2.25. The molecular formula is C18H18N2O6. The molecule has 26 heavy (non-hydrogen) atoms. The zero-order valence-corrected chi connectivity index (χ0v) is 14.1. The number of ether oxygens (including phenoxy) is 4. The predicted octanol–water partition coefficient (Wildman–Crippen LogP) is 2.29. The quantitative estimate of drug-likeness (QED) is 0.823. The van der Waals surface area contributed by atoms with Crippen molar-refractivity contribution < 1.29 is 28.5 Å². The van der Waals surface area contributed by atoms with Crippen molar-refractivity contribution in [1.82, 2.24) is 5.32 Å². The number of methoxy groups -OCH3 is 1. The van der Waals surface area contributed by atoms with E-state index in [0.29, 0.717) is 29.5 Å². The molecule has 0 bridgehead atoms. The van der Waals surface area contributed by atoms with Crippen LogP contribution in [0.5, 0.6) is 17.2 Å². The first-order valence-electron chi connectivity index (χ1n) is 7.87. The van der Waals surface area contributed by atoms with Gasteiger partial charge < -0.3 is 24.3 Å². The molecule has 0 fully saturated rings. The summed E-state index contributed by atoms with van der Waals surface area (Å²) in [6.07, 6.45) is -0.554. The van der Waals surface area contributed by atoms with Crippen molar-refractivity contribution in [2.45, 2.75) is 6.54 Å². The fourth-order valence-corrected chi connectivity index (χ4v) is 2.25. The van der Waals surface area contributed by atoms with Gasteiger partial charge in [-0.3, -0.25) is 10.1 Å². The van der Waals surface area contributed by atoms with E-state index in [-0.39, 0.29) is 19.3 Å². The molecule has 0 saturated heterocycles. The Labute approximate surface area is 150 Å². The first-order chi connectivity index (χ1) is 12.6. The number of hydrogen-bond acceptors (Lipinski definition) is 6. The summed E-state index contributed by atoms with van der Waals surface area (Å²) in [5, 5.41) is 5.30. The summed E-state index contributed by atoms with van der Waals surface area (Å²) in [6, 6.07) is 12.1. The molecule has 0 spiro atoms. The lowest BCUT2D eigenvalue weighted by molar-refractivity contribution is -0.123. The highest BCUT2D eigenvalue weighted by molar-refractivity contribution is 5.84. The summed E-state index contributed by atoms with van der Waals surface area (Å²) in [5.74, 6) is 1.64. The van der Waals surface area contributed by atoms with Crippen molar-refractivity contribution in [3.8, 4) is 17.2 Å². The number of benzene rings is 2. The molecule has 0 saturated carbocycles. The normalized spacial score (nSPS) is 11.6. The molecule has 2 N–H and O–H groups in total. The maximum atomic E-state index is 11.9. The van der Waals surface area contributed by atoms with Crippen LogP contribution in [0.1, 0.15) is 5.56 Å². The summed E-state index contributed by atoms with van der Waals surface area (Å²) in [4.78, 5) is 23.0. The molecule has 1 aliphatic rings. The van der Waals surface area contributed by atoms with Gasteiger partial charge in [0.05, 0.1) is 7.11 Å². The van der Waals surface area contributed by atoms with E-state index in [1.54, 1.807) is 24.3 Å². The smallest absolute Gasteiger partial charge is 0.411 e. The second-order valence-electron chi connectivity index (χ2n) is 5.39. The highest BCUT2D eigenvalue weighted by Gasteiger charge is 2.13. The van der Waals surface area contributed by atoms with Crippen LogP contribution in [0, 0.1) is 0 Å². The monoisotopic (exact) mass is 358 g/mol. The number of carbonyl (C=O) groups excluding carboxylic acids is 2. The van der Waals surface area contributed by atoms with E-state index in [2.05, 4.69) is 15.4 Å². The minimum Gasteiger partial charge on any atom is -0.484 e. The minimum atomic E-state index is -0.554. The van der Waals surface area contributed by atoms with Gasteiger partial charge in [-0.15, -0.1) is 0 Å². The van der Waals surface area contributed by atoms with Crippen LogP contribution in [0.25, 0.3) is 0 Å². The van der Waals surface area contributed by atoms with Crippen molar-refractivity contribution in [3.05, 3.63) is 48.0 Å². The Kier molecular flexibility index (Phi) is 5.43. The van der Waals surface area contributed by atoms with E-state index < -0.39 is 6.09 Å². The van der Waals surface area contributed by atoms with E-state index in [1.807, 2.05) is 18.2 Å². The lowest BCUT2D eigenvalue weighted by atomic mass is 10.2. The molecule has 1 aliphatic heterocycles. The molecular weight excluding hydrogens is 340 g/mol. The van der Waals surface area contributed by atoms with Gasteiger partial charge in [-0.1, -0.05) is 6.07 Å². The average molecular weight is 358 g/mol. The Hall–Kier alpha value is -3.42. The van der Waals surface area contributed by atoms with Gasteiger partial charge in [0.25, 0.3) is 5.91 Å². The second-order valence-corrected chi connectivity index (χ2v) is 5.39. The molecule has 0 atom stereocenters. The summed E-state index contributed by atoms with van der Waals surface area (Å²) in [5.41, 5.74) is 1.47. The Morgan fingerprint density at radius 1 is 1.08 bits per heavy atom. The maximum absolute atomic E-state index is 11.9. The zero-order chi connectivity index (χ0) is 18.4. The van der Waals surface area contributed by atoms with Gasteiger partial charge in [0.15, 0.2) is 18.1 Å². The number of hydrogen-bond donors (Lipinski definition) is 2. The summed E-state index contributed by atoms with van der Waals surface area (Å²) in [7, 11) is 1.29.